The first-order valence-electron chi connectivity index (χ1n) is 4.66. The molecule has 80 valence electrons. The number of rotatable bonds is 2. The van der Waals surface area contributed by atoms with Crippen molar-refractivity contribution in [2.24, 2.45) is 0 Å². The number of hydrogen-bond acceptors (Lipinski definition) is 4. The second kappa shape index (κ2) is 4.02. The quantitative estimate of drug-likeness (QED) is 0.580. The summed E-state index contributed by atoms with van der Waals surface area (Å²) in [6.45, 7) is 0.659. The molecule has 0 saturated carbocycles. The van der Waals surface area contributed by atoms with Gasteiger partial charge in [0.25, 0.3) is 5.91 Å². The third-order valence-electron chi connectivity index (χ3n) is 2.25. The minimum Gasteiger partial charge on any atom is -0.482 e. The first-order chi connectivity index (χ1) is 7.22. The largest absolute Gasteiger partial charge is 0.482 e. The Kier molecular flexibility index (Phi) is 2.73. The molecule has 1 aliphatic rings. The Morgan fingerprint density at radius 3 is 3.07 bits per heavy atom. The number of hydrogen-bond donors (Lipinski definition) is 2. The first kappa shape index (κ1) is 10.2. The number of amides is 1. The molecule has 0 spiro atoms. The van der Waals surface area contributed by atoms with Gasteiger partial charge in [-0.3, -0.25) is 4.79 Å². The maximum absolute atomic E-state index is 11.6. The van der Waals surface area contributed by atoms with Gasteiger partial charge in [-0.2, -0.15) is 12.6 Å². The highest BCUT2D eigenvalue weighted by Crippen LogP contribution is 2.33. The van der Waals surface area contributed by atoms with Gasteiger partial charge in [-0.1, -0.05) is 0 Å². The van der Waals surface area contributed by atoms with Crippen molar-refractivity contribution in [3.63, 3.8) is 0 Å². The Labute approximate surface area is 93.4 Å². The van der Waals surface area contributed by atoms with E-state index in [1.165, 1.54) is 0 Å². The monoisotopic (exact) mass is 224 g/mol. The van der Waals surface area contributed by atoms with Crippen molar-refractivity contribution in [2.45, 2.75) is 0 Å². The molecule has 0 fully saturated rings. The van der Waals surface area contributed by atoms with E-state index < -0.39 is 0 Å². The Hall–Kier alpha value is -1.36. The van der Waals surface area contributed by atoms with Crippen molar-refractivity contribution >= 4 is 29.9 Å². The molecule has 5 heteroatoms. The summed E-state index contributed by atoms with van der Waals surface area (Å²) in [6, 6.07) is 5.28. The fourth-order valence-electron chi connectivity index (χ4n) is 1.56. The van der Waals surface area contributed by atoms with Crippen molar-refractivity contribution in [1.82, 2.24) is 0 Å². The third kappa shape index (κ3) is 1.87. The Morgan fingerprint density at radius 1 is 1.53 bits per heavy atom. The van der Waals surface area contributed by atoms with E-state index in [0.717, 1.165) is 5.69 Å². The summed E-state index contributed by atoms with van der Waals surface area (Å²) in [4.78, 5) is 13.2. The van der Waals surface area contributed by atoms with Crippen molar-refractivity contribution in [3.05, 3.63) is 18.2 Å². The normalized spacial score (nSPS) is 14.7. The van der Waals surface area contributed by atoms with Gasteiger partial charge < -0.3 is 15.4 Å². The minimum atomic E-state index is -0.0536. The average molecular weight is 224 g/mol. The van der Waals surface area contributed by atoms with Gasteiger partial charge in [0.2, 0.25) is 0 Å². The number of thiol groups is 1. The van der Waals surface area contributed by atoms with E-state index in [-0.39, 0.29) is 12.5 Å². The molecule has 1 aromatic rings. The average Bonchev–Trinajstić information content (AvgIpc) is 2.23. The van der Waals surface area contributed by atoms with Crippen LogP contribution in [0.3, 0.4) is 0 Å². The highest BCUT2D eigenvalue weighted by atomic mass is 32.1. The zero-order valence-corrected chi connectivity index (χ0v) is 9.04. The lowest BCUT2D eigenvalue weighted by Gasteiger charge is -2.29. The maximum Gasteiger partial charge on any atom is 0.265 e. The number of fused-ring (bicyclic) bond motifs is 1. The fraction of sp³-hybridized carbons (Fsp3) is 0.300. The van der Waals surface area contributed by atoms with Gasteiger partial charge in [0, 0.05) is 18.0 Å². The highest BCUT2D eigenvalue weighted by Gasteiger charge is 2.24. The summed E-state index contributed by atoms with van der Waals surface area (Å²) >= 11 is 4.12. The summed E-state index contributed by atoms with van der Waals surface area (Å²) in [5.74, 6) is 1.26. The molecule has 15 heavy (non-hydrogen) atoms. The smallest absolute Gasteiger partial charge is 0.265 e. The van der Waals surface area contributed by atoms with Crippen LogP contribution in [0.2, 0.25) is 0 Å². The Morgan fingerprint density at radius 2 is 2.33 bits per heavy atom. The van der Waals surface area contributed by atoms with Crippen molar-refractivity contribution < 1.29 is 9.53 Å². The highest BCUT2D eigenvalue weighted by molar-refractivity contribution is 7.80. The Balaban J connectivity index is 2.41. The van der Waals surface area contributed by atoms with E-state index in [1.807, 2.05) is 0 Å². The standard InChI is InChI=1S/C10H12N2O2S/c11-7-1-2-9-8(5-7)12(3-4-15)10(13)6-14-9/h1-2,5,15H,3-4,6,11H2. The fourth-order valence-corrected chi connectivity index (χ4v) is 1.76. The molecule has 0 atom stereocenters. The molecule has 1 heterocycles. The van der Waals surface area contributed by atoms with E-state index in [0.29, 0.717) is 23.7 Å². The van der Waals surface area contributed by atoms with Crippen molar-refractivity contribution in [1.29, 1.82) is 0 Å². The number of carbonyl (C=O) groups is 1. The number of anilines is 2. The van der Waals surface area contributed by atoms with Crippen molar-refractivity contribution in [3.8, 4) is 5.75 Å². The van der Waals surface area contributed by atoms with E-state index in [2.05, 4.69) is 12.6 Å². The zero-order chi connectivity index (χ0) is 10.8. The number of carbonyl (C=O) groups excluding carboxylic acids is 1. The zero-order valence-electron chi connectivity index (χ0n) is 8.14. The number of nitrogen functional groups attached to an aromatic ring is 1. The predicted molar refractivity (Wildman–Crippen MR) is 62.6 cm³/mol. The maximum atomic E-state index is 11.6. The molecule has 0 unspecified atom stereocenters. The third-order valence-corrected chi connectivity index (χ3v) is 2.45. The van der Waals surface area contributed by atoms with Crippen LogP contribution in [-0.4, -0.2) is 24.8 Å². The molecular formula is C10H12N2O2S. The van der Waals surface area contributed by atoms with E-state index in [1.54, 1.807) is 23.1 Å². The lowest BCUT2D eigenvalue weighted by Crippen LogP contribution is -2.40. The molecule has 4 nitrogen and oxygen atoms in total. The molecule has 0 saturated heterocycles. The molecule has 1 amide bonds. The summed E-state index contributed by atoms with van der Waals surface area (Å²) < 4.78 is 5.30. The molecule has 0 radical (unpaired) electrons. The lowest BCUT2D eigenvalue weighted by atomic mass is 10.2. The molecule has 0 aromatic heterocycles. The van der Waals surface area contributed by atoms with Gasteiger partial charge in [0.05, 0.1) is 5.69 Å². The van der Waals surface area contributed by atoms with E-state index in [9.17, 15) is 4.79 Å². The van der Waals surface area contributed by atoms with E-state index in [4.69, 9.17) is 10.5 Å². The molecule has 0 aliphatic carbocycles. The second-order valence-corrected chi connectivity index (χ2v) is 3.73. The summed E-state index contributed by atoms with van der Waals surface area (Å²) in [6.07, 6.45) is 0. The van der Waals surface area contributed by atoms with Crippen LogP contribution in [0.15, 0.2) is 18.2 Å². The summed E-state index contributed by atoms with van der Waals surface area (Å²) in [7, 11) is 0. The summed E-state index contributed by atoms with van der Waals surface area (Å²) in [5, 5.41) is 0. The van der Waals surface area contributed by atoms with Crippen LogP contribution in [0.1, 0.15) is 0 Å². The van der Waals surface area contributed by atoms with Crippen LogP contribution < -0.4 is 15.4 Å². The van der Waals surface area contributed by atoms with Gasteiger partial charge in [0.1, 0.15) is 5.75 Å². The van der Waals surface area contributed by atoms with Gasteiger partial charge >= 0.3 is 0 Å². The number of benzene rings is 1. The van der Waals surface area contributed by atoms with Crippen LogP contribution >= 0.6 is 12.6 Å². The second-order valence-electron chi connectivity index (χ2n) is 3.28. The molecule has 1 aliphatic heterocycles. The minimum absolute atomic E-state index is 0.0536. The first-order valence-corrected chi connectivity index (χ1v) is 5.29. The topological polar surface area (TPSA) is 55.6 Å². The van der Waals surface area contributed by atoms with Gasteiger partial charge in [-0.25, -0.2) is 0 Å². The number of nitrogens with two attached hydrogens (primary N) is 1. The van der Waals surface area contributed by atoms with Gasteiger partial charge in [-0.15, -0.1) is 0 Å². The molecular weight excluding hydrogens is 212 g/mol. The number of ether oxygens (including phenoxy) is 1. The molecule has 2 rings (SSSR count). The van der Waals surface area contributed by atoms with Gasteiger partial charge in [-0.05, 0) is 18.2 Å². The van der Waals surface area contributed by atoms with Crippen LogP contribution in [0, 0.1) is 0 Å². The summed E-state index contributed by atoms with van der Waals surface area (Å²) in [5.41, 5.74) is 7.03. The predicted octanol–water partition coefficient (Wildman–Crippen LogP) is 0.924. The van der Waals surface area contributed by atoms with Crippen molar-refractivity contribution in [2.75, 3.05) is 29.5 Å². The Bertz CT molecular complexity index is 395. The molecule has 0 bridgehead atoms. The molecule has 2 N–H and O–H groups in total. The lowest BCUT2D eigenvalue weighted by molar-refractivity contribution is -0.121. The molecule has 1 aromatic carbocycles. The van der Waals surface area contributed by atoms with E-state index >= 15 is 0 Å². The number of nitrogens with zero attached hydrogens (tertiary/aromatic N) is 1. The van der Waals surface area contributed by atoms with Crippen LogP contribution in [0.25, 0.3) is 0 Å². The van der Waals surface area contributed by atoms with Crippen LogP contribution in [0.4, 0.5) is 11.4 Å². The van der Waals surface area contributed by atoms with Crippen LogP contribution in [0.5, 0.6) is 5.75 Å². The SMILES string of the molecule is Nc1ccc2c(c1)N(CCS)C(=O)CO2. The van der Waals surface area contributed by atoms with Gasteiger partial charge in [0.15, 0.2) is 6.61 Å². The van der Waals surface area contributed by atoms with Crippen LogP contribution in [-0.2, 0) is 4.79 Å².